The minimum absolute atomic E-state index is 0.314. The van der Waals surface area contributed by atoms with Crippen molar-refractivity contribution in [2.45, 2.75) is 12.5 Å². The molecule has 1 N–H and O–H groups in total. The van der Waals surface area contributed by atoms with E-state index in [1.807, 2.05) is 0 Å². The first-order valence-corrected chi connectivity index (χ1v) is 5.90. The molecule has 1 fully saturated rings. The molecule has 1 aromatic rings. The van der Waals surface area contributed by atoms with Crippen LogP contribution in [0.25, 0.3) is 0 Å². The van der Waals surface area contributed by atoms with Crippen molar-refractivity contribution in [2.75, 3.05) is 25.2 Å². The first-order chi connectivity index (χ1) is 9.11. The lowest BCUT2D eigenvalue weighted by Gasteiger charge is -2.31. The summed E-state index contributed by atoms with van der Waals surface area (Å²) in [6.07, 6.45) is -1.22. The van der Waals surface area contributed by atoms with Crippen molar-refractivity contribution in [3.63, 3.8) is 0 Å². The number of aliphatic carboxylic acids is 1. The zero-order chi connectivity index (χ0) is 13.8. The normalized spacial score (nSPS) is 19.3. The molecule has 0 aromatic heterocycles. The molecular weight excluding hydrogens is 250 g/mol. The van der Waals surface area contributed by atoms with Crippen LogP contribution in [0.15, 0.2) is 24.3 Å². The zero-order valence-electron chi connectivity index (χ0n) is 10.5. The summed E-state index contributed by atoms with van der Waals surface area (Å²) in [5, 5.41) is 8.74. The van der Waals surface area contributed by atoms with Crippen LogP contribution in [0.3, 0.4) is 0 Å². The molecule has 0 saturated carbocycles. The minimum Gasteiger partial charge on any atom is -0.497 e. The third-order valence-corrected chi connectivity index (χ3v) is 2.92. The van der Waals surface area contributed by atoms with Gasteiger partial charge in [0.25, 0.3) is 5.91 Å². The van der Waals surface area contributed by atoms with Gasteiger partial charge in [0.1, 0.15) is 11.9 Å². The van der Waals surface area contributed by atoms with Crippen molar-refractivity contribution in [1.29, 1.82) is 0 Å². The van der Waals surface area contributed by atoms with Gasteiger partial charge in [-0.2, -0.15) is 0 Å². The van der Waals surface area contributed by atoms with Gasteiger partial charge in [-0.15, -0.1) is 0 Å². The molecular formula is C13H15NO5. The minimum atomic E-state index is -1.05. The zero-order valence-corrected chi connectivity index (χ0v) is 10.5. The summed E-state index contributed by atoms with van der Waals surface area (Å²) < 4.78 is 10.3. The van der Waals surface area contributed by atoms with Crippen molar-refractivity contribution >= 4 is 17.6 Å². The lowest BCUT2D eigenvalue weighted by molar-refractivity contribution is -0.147. The van der Waals surface area contributed by atoms with E-state index in [1.54, 1.807) is 31.4 Å². The van der Waals surface area contributed by atoms with Crippen LogP contribution in [0, 0.1) is 0 Å². The lowest BCUT2D eigenvalue weighted by Crippen LogP contribution is -2.48. The van der Waals surface area contributed by atoms with E-state index in [2.05, 4.69) is 0 Å². The molecule has 19 heavy (non-hydrogen) atoms. The number of morpholine rings is 1. The molecule has 6 heteroatoms. The Morgan fingerprint density at radius 2 is 2.16 bits per heavy atom. The monoisotopic (exact) mass is 265 g/mol. The largest absolute Gasteiger partial charge is 0.497 e. The summed E-state index contributed by atoms with van der Waals surface area (Å²) in [5.41, 5.74) is 0.712. The predicted octanol–water partition coefficient (Wildman–Crippen LogP) is 0.902. The summed E-state index contributed by atoms with van der Waals surface area (Å²) in [5.74, 6) is -0.666. The van der Waals surface area contributed by atoms with Gasteiger partial charge in [0, 0.05) is 12.2 Å². The van der Waals surface area contributed by atoms with Gasteiger partial charge in [-0.1, -0.05) is 0 Å². The Hall–Kier alpha value is -2.08. The Kier molecular flexibility index (Phi) is 4.01. The topological polar surface area (TPSA) is 76.1 Å². The molecule has 102 valence electrons. The van der Waals surface area contributed by atoms with E-state index in [0.29, 0.717) is 24.6 Å². The molecule has 0 radical (unpaired) electrons. The molecule has 1 aliphatic rings. The molecule has 1 aliphatic heterocycles. The van der Waals surface area contributed by atoms with Crippen LogP contribution in [0.5, 0.6) is 5.75 Å². The van der Waals surface area contributed by atoms with Crippen molar-refractivity contribution in [3.05, 3.63) is 24.3 Å². The molecule has 1 saturated heterocycles. The van der Waals surface area contributed by atoms with E-state index in [9.17, 15) is 9.59 Å². The van der Waals surface area contributed by atoms with Crippen LogP contribution in [0.2, 0.25) is 0 Å². The maximum atomic E-state index is 12.1. The smallest absolute Gasteiger partial charge is 0.306 e. The molecule has 1 heterocycles. The number of anilines is 1. The molecule has 1 unspecified atom stereocenters. The quantitative estimate of drug-likeness (QED) is 0.875. The molecule has 1 amide bonds. The number of rotatable bonds is 4. The van der Waals surface area contributed by atoms with Crippen molar-refractivity contribution in [1.82, 2.24) is 0 Å². The Balaban J connectivity index is 2.14. The van der Waals surface area contributed by atoms with Gasteiger partial charge in [-0.3, -0.25) is 9.59 Å². The van der Waals surface area contributed by atoms with Crippen LogP contribution < -0.4 is 9.64 Å². The summed E-state index contributed by atoms with van der Waals surface area (Å²) in [4.78, 5) is 24.3. The summed E-state index contributed by atoms with van der Waals surface area (Å²) in [6, 6.07) is 7.04. The first-order valence-electron chi connectivity index (χ1n) is 5.90. The molecule has 0 spiro atoms. The van der Waals surface area contributed by atoms with Gasteiger partial charge in [0.05, 0.1) is 20.1 Å². The number of carbonyl (C=O) groups is 2. The van der Waals surface area contributed by atoms with Crippen LogP contribution in [0.1, 0.15) is 6.42 Å². The standard InChI is InChI=1S/C13H15NO5/c1-18-10-4-2-9(3-5-10)14-6-7-19-11(13(14)17)8-12(15)16/h2-5,11H,6-8H2,1H3,(H,15,16). The highest BCUT2D eigenvalue weighted by molar-refractivity contribution is 5.98. The predicted molar refractivity (Wildman–Crippen MR) is 67.3 cm³/mol. The molecule has 1 aromatic carbocycles. The van der Waals surface area contributed by atoms with Gasteiger partial charge in [0.15, 0.2) is 0 Å². The third kappa shape index (κ3) is 3.03. The van der Waals surface area contributed by atoms with Gasteiger partial charge in [-0.25, -0.2) is 0 Å². The fraction of sp³-hybridized carbons (Fsp3) is 0.385. The van der Waals surface area contributed by atoms with E-state index in [1.165, 1.54) is 4.90 Å². The summed E-state index contributed by atoms with van der Waals surface area (Å²) in [7, 11) is 1.57. The number of hydrogen-bond donors (Lipinski definition) is 1. The Labute approximate surface area is 110 Å². The second-order valence-corrected chi connectivity index (χ2v) is 4.15. The van der Waals surface area contributed by atoms with Gasteiger partial charge in [0.2, 0.25) is 0 Å². The average Bonchev–Trinajstić information content (AvgIpc) is 2.41. The Bertz CT molecular complexity index is 470. The number of amides is 1. The lowest BCUT2D eigenvalue weighted by atomic mass is 10.1. The van der Waals surface area contributed by atoms with Crippen molar-refractivity contribution in [2.24, 2.45) is 0 Å². The second-order valence-electron chi connectivity index (χ2n) is 4.15. The van der Waals surface area contributed by atoms with Crippen LogP contribution in [0.4, 0.5) is 5.69 Å². The first kappa shape index (κ1) is 13.4. The molecule has 1 atom stereocenters. The van der Waals surface area contributed by atoms with Crippen LogP contribution in [-0.4, -0.2) is 43.3 Å². The average molecular weight is 265 g/mol. The van der Waals surface area contributed by atoms with Crippen LogP contribution in [-0.2, 0) is 14.3 Å². The van der Waals surface area contributed by atoms with E-state index >= 15 is 0 Å². The molecule has 6 nitrogen and oxygen atoms in total. The number of carboxylic acid groups (broad SMARTS) is 1. The third-order valence-electron chi connectivity index (χ3n) is 2.92. The molecule has 0 aliphatic carbocycles. The Morgan fingerprint density at radius 3 is 2.74 bits per heavy atom. The van der Waals surface area contributed by atoms with Gasteiger partial charge in [-0.05, 0) is 24.3 Å². The number of nitrogens with zero attached hydrogens (tertiary/aromatic N) is 1. The summed E-state index contributed by atoms with van der Waals surface area (Å²) >= 11 is 0. The van der Waals surface area contributed by atoms with Crippen molar-refractivity contribution in [3.8, 4) is 5.75 Å². The number of hydrogen-bond acceptors (Lipinski definition) is 4. The van der Waals surface area contributed by atoms with Gasteiger partial charge >= 0.3 is 5.97 Å². The number of benzene rings is 1. The molecule has 2 rings (SSSR count). The van der Waals surface area contributed by atoms with Gasteiger partial charge < -0.3 is 19.5 Å². The highest BCUT2D eigenvalue weighted by Crippen LogP contribution is 2.22. The van der Waals surface area contributed by atoms with Crippen LogP contribution >= 0.6 is 0 Å². The van der Waals surface area contributed by atoms with E-state index in [-0.39, 0.29) is 12.3 Å². The highest BCUT2D eigenvalue weighted by atomic mass is 16.5. The number of carboxylic acids is 1. The number of ether oxygens (including phenoxy) is 2. The highest BCUT2D eigenvalue weighted by Gasteiger charge is 2.32. The SMILES string of the molecule is COc1ccc(N2CCOC(CC(=O)O)C2=O)cc1. The van der Waals surface area contributed by atoms with Crippen molar-refractivity contribution < 1.29 is 24.2 Å². The Morgan fingerprint density at radius 1 is 1.47 bits per heavy atom. The molecule has 0 bridgehead atoms. The fourth-order valence-electron chi connectivity index (χ4n) is 1.96. The summed E-state index contributed by atoms with van der Waals surface area (Å²) in [6.45, 7) is 0.747. The van der Waals surface area contributed by atoms with E-state index < -0.39 is 12.1 Å². The second kappa shape index (κ2) is 5.71. The van der Waals surface area contributed by atoms with E-state index in [4.69, 9.17) is 14.6 Å². The number of carbonyl (C=O) groups excluding carboxylic acids is 1. The van der Waals surface area contributed by atoms with E-state index in [0.717, 1.165) is 0 Å². The maximum Gasteiger partial charge on any atom is 0.306 e. The number of methoxy groups -OCH3 is 1. The fourth-order valence-corrected chi connectivity index (χ4v) is 1.96. The maximum absolute atomic E-state index is 12.1.